The lowest BCUT2D eigenvalue weighted by atomic mass is 10.0. The fraction of sp³-hybridized carbons (Fsp3) is 0.467. The molecule has 20 heavy (non-hydrogen) atoms. The van der Waals surface area contributed by atoms with Gasteiger partial charge in [-0.25, -0.2) is 0 Å². The van der Waals surface area contributed by atoms with Crippen LogP contribution in [0, 0.1) is 11.3 Å². The first-order chi connectivity index (χ1) is 9.74. The molecule has 5 nitrogen and oxygen atoms in total. The number of hydrogen-bond donors (Lipinski definition) is 0. The summed E-state index contributed by atoms with van der Waals surface area (Å²) in [6.07, 6.45) is 0.226. The van der Waals surface area contributed by atoms with Gasteiger partial charge in [-0.3, -0.25) is 4.79 Å². The van der Waals surface area contributed by atoms with Gasteiger partial charge in [0.05, 0.1) is 25.7 Å². The highest BCUT2D eigenvalue weighted by Gasteiger charge is 2.18. The minimum Gasteiger partial charge on any atom is -0.383 e. The van der Waals surface area contributed by atoms with Gasteiger partial charge in [0, 0.05) is 32.9 Å². The zero-order chi connectivity index (χ0) is 14.8. The second-order valence-corrected chi connectivity index (χ2v) is 4.27. The average molecular weight is 276 g/mol. The molecule has 0 aliphatic carbocycles. The molecule has 0 spiro atoms. The van der Waals surface area contributed by atoms with E-state index in [0.717, 1.165) is 5.56 Å². The molecule has 0 N–H and O–H groups in total. The third-order valence-corrected chi connectivity index (χ3v) is 2.94. The first kappa shape index (κ1) is 16.2. The van der Waals surface area contributed by atoms with Gasteiger partial charge in [0.1, 0.15) is 0 Å². The van der Waals surface area contributed by atoms with Crippen LogP contribution < -0.4 is 0 Å². The van der Waals surface area contributed by atoms with Crippen molar-refractivity contribution >= 4 is 5.91 Å². The molecule has 0 saturated carbocycles. The molecule has 5 heteroatoms. The largest absolute Gasteiger partial charge is 0.383 e. The predicted molar refractivity (Wildman–Crippen MR) is 75.4 cm³/mol. The summed E-state index contributed by atoms with van der Waals surface area (Å²) in [6, 6.07) is 9.28. The topological polar surface area (TPSA) is 62.6 Å². The number of ether oxygens (including phenoxy) is 2. The molecule has 0 saturated heterocycles. The molecule has 1 aromatic carbocycles. The maximum Gasteiger partial charge on any atom is 0.254 e. The number of hydrogen-bond acceptors (Lipinski definition) is 4. The lowest BCUT2D eigenvalue weighted by Gasteiger charge is -2.23. The van der Waals surface area contributed by atoms with Crippen LogP contribution in [0.25, 0.3) is 0 Å². The minimum atomic E-state index is -0.0926. The third kappa shape index (κ3) is 4.65. The molecule has 0 aromatic heterocycles. The lowest BCUT2D eigenvalue weighted by molar-refractivity contribution is 0.0626. The molecular weight excluding hydrogens is 256 g/mol. The van der Waals surface area contributed by atoms with Gasteiger partial charge in [-0.15, -0.1) is 0 Å². The molecule has 0 aliphatic rings. The molecular formula is C15H20N2O3. The van der Waals surface area contributed by atoms with Gasteiger partial charge in [0.15, 0.2) is 0 Å². The van der Waals surface area contributed by atoms with E-state index in [9.17, 15) is 4.79 Å². The van der Waals surface area contributed by atoms with Crippen molar-refractivity contribution in [2.75, 3.05) is 40.5 Å². The first-order valence-corrected chi connectivity index (χ1v) is 6.46. The van der Waals surface area contributed by atoms with Crippen LogP contribution in [0.15, 0.2) is 24.3 Å². The number of carbonyl (C=O) groups is 1. The Morgan fingerprint density at radius 2 is 1.80 bits per heavy atom. The summed E-state index contributed by atoms with van der Waals surface area (Å²) in [5, 5.41) is 8.83. The van der Waals surface area contributed by atoms with Gasteiger partial charge >= 0.3 is 0 Å². The third-order valence-electron chi connectivity index (χ3n) is 2.94. The highest BCUT2D eigenvalue weighted by Crippen LogP contribution is 2.12. The first-order valence-electron chi connectivity index (χ1n) is 6.46. The SMILES string of the molecule is COCCN(CCOC)C(=O)c1ccccc1CC#N. The van der Waals surface area contributed by atoms with Crippen molar-refractivity contribution in [3.8, 4) is 6.07 Å². The molecule has 0 radical (unpaired) electrons. The van der Waals surface area contributed by atoms with E-state index in [4.69, 9.17) is 14.7 Å². The van der Waals surface area contributed by atoms with Crippen LogP contribution in [-0.4, -0.2) is 51.3 Å². The molecule has 0 aliphatic heterocycles. The molecule has 0 atom stereocenters. The second-order valence-electron chi connectivity index (χ2n) is 4.27. The Kier molecular flexibility index (Phi) is 7.33. The molecule has 0 bridgehead atoms. The molecule has 0 unspecified atom stereocenters. The van der Waals surface area contributed by atoms with Gasteiger partial charge < -0.3 is 14.4 Å². The summed E-state index contributed by atoms with van der Waals surface area (Å²) in [4.78, 5) is 14.2. The lowest BCUT2D eigenvalue weighted by Crippen LogP contribution is -2.37. The van der Waals surface area contributed by atoms with E-state index >= 15 is 0 Å². The Labute approximate surface area is 119 Å². The van der Waals surface area contributed by atoms with E-state index in [-0.39, 0.29) is 12.3 Å². The highest BCUT2D eigenvalue weighted by atomic mass is 16.5. The summed E-state index contributed by atoms with van der Waals surface area (Å²) >= 11 is 0. The van der Waals surface area contributed by atoms with Gasteiger partial charge in [0.25, 0.3) is 5.91 Å². The van der Waals surface area contributed by atoms with Crippen molar-refractivity contribution in [3.63, 3.8) is 0 Å². The molecule has 1 rings (SSSR count). The zero-order valence-electron chi connectivity index (χ0n) is 12.0. The number of methoxy groups -OCH3 is 2. The van der Waals surface area contributed by atoms with E-state index in [1.54, 1.807) is 37.3 Å². The van der Waals surface area contributed by atoms with E-state index in [2.05, 4.69) is 6.07 Å². The number of carbonyl (C=O) groups excluding carboxylic acids is 1. The van der Waals surface area contributed by atoms with E-state index in [0.29, 0.717) is 31.9 Å². The highest BCUT2D eigenvalue weighted by molar-refractivity contribution is 5.95. The Hall–Kier alpha value is -1.90. The minimum absolute atomic E-state index is 0.0926. The maximum absolute atomic E-state index is 12.6. The van der Waals surface area contributed by atoms with Crippen molar-refractivity contribution in [1.29, 1.82) is 5.26 Å². The van der Waals surface area contributed by atoms with Crippen LogP contribution >= 0.6 is 0 Å². The molecule has 0 fully saturated rings. The summed E-state index contributed by atoms with van der Waals surface area (Å²) in [5.74, 6) is -0.0926. The zero-order valence-corrected chi connectivity index (χ0v) is 12.0. The second kappa shape index (κ2) is 9.08. The van der Waals surface area contributed by atoms with Gasteiger partial charge in [0.2, 0.25) is 0 Å². The fourth-order valence-corrected chi connectivity index (χ4v) is 1.86. The fourth-order valence-electron chi connectivity index (χ4n) is 1.86. The summed E-state index contributed by atoms with van der Waals surface area (Å²) < 4.78 is 10.1. The molecule has 1 aromatic rings. The number of rotatable bonds is 8. The Balaban J connectivity index is 2.90. The van der Waals surface area contributed by atoms with E-state index in [1.807, 2.05) is 6.07 Å². The van der Waals surface area contributed by atoms with E-state index in [1.165, 1.54) is 0 Å². The molecule has 108 valence electrons. The standard InChI is InChI=1S/C15H20N2O3/c1-19-11-9-17(10-12-20-2)15(18)14-6-4-3-5-13(14)7-8-16/h3-6H,7,9-12H2,1-2H3. The Morgan fingerprint density at radius 1 is 1.20 bits per heavy atom. The number of amides is 1. The molecule has 1 amide bonds. The number of nitriles is 1. The van der Waals surface area contributed by atoms with Crippen molar-refractivity contribution in [3.05, 3.63) is 35.4 Å². The smallest absolute Gasteiger partial charge is 0.254 e. The van der Waals surface area contributed by atoms with Crippen LogP contribution in [0.1, 0.15) is 15.9 Å². The van der Waals surface area contributed by atoms with E-state index < -0.39 is 0 Å². The van der Waals surface area contributed by atoms with Gasteiger partial charge in [-0.1, -0.05) is 18.2 Å². The van der Waals surface area contributed by atoms with Crippen molar-refractivity contribution in [2.45, 2.75) is 6.42 Å². The van der Waals surface area contributed by atoms with Crippen LogP contribution in [0.2, 0.25) is 0 Å². The number of nitrogens with zero attached hydrogens (tertiary/aromatic N) is 2. The predicted octanol–water partition coefficient (Wildman–Crippen LogP) is 1.49. The average Bonchev–Trinajstić information content (AvgIpc) is 2.48. The van der Waals surface area contributed by atoms with Gasteiger partial charge in [-0.05, 0) is 11.6 Å². The summed E-state index contributed by atoms with van der Waals surface area (Å²) in [7, 11) is 3.20. The Bertz CT molecular complexity index is 460. The van der Waals surface area contributed by atoms with Crippen molar-refractivity contribution in [2.24, 2.45) is 0 Å². The monoisotopic (exact) mass is 276 g/mol. The van der Waals surface area contributed by atoms with Crippen LogP contribution in [0.3, 0.4) is 0 Å². The number of benzene rings is 1. The van der Waals surface area contributed by atoms with Crippen LogP contribution in [0.4, 0.5) is 0 Å². The van der Waals surface area contributed by atoms with Crippen LogP contribution in [0.5, 0.6) is 0 Å². The maximum atomic E-state index is 12.6. The summed E-state index contributed by atoms with van der Waals surface area (Å²) in [5.41, 5.74) is 1.32. The summed E-state index contributed by atoms with van der Waals surface area (Å²) in [6.45, 7) is 1.94. The van der Waals surface area contributed by atoms with Crippen molar-refractivity contribution in [1.82, 2.24) is 4.90 Å². The molecule has 0 heterocycles. The van der Waals surface area contributed by atoms with Crippen molar-refractivity contribution < 1.29 is 14.3 Å². The Morgan fingerprint density at radius 3 is 2.35 bits per heavy atom. The quantitative estimate of drug-likeness (QED) is 0.721. The normalized spacial score (nSPS) is 10.1. The van der Waals surface area contributed by atoms with Gasteiger partial charge in [-0.2, -0.15) is 5.26 Å². The van der Waals surface area contributed by atoms with Crippen LogP contribution in [-0.2, 0) is 15.9 Å².